The summed E-state index contributed by atoms with van der Waals surface area (Å²) in [5.74, 6) is 0.832. The number of fused-ring (bicyclic) bond motifs is 1. The van der Waals surface area contributed by atoms with E-state index in [0.717, 1.165) is 21.3 Å². The maximum Gasteiger partial charge on any atom is 0.161 e. The van der Waals surface area contributed by atoms with E-state index < -0.39 is 0 Å². The van der Waals surface area contributed by atoms with E-state index in [0.29, 0.717) is 28.7 Å². The molecule has 0 unspecified atom stereocenters. The molecule has 4 rings (SSSR count). The number of nitriles is 1. The summed E-state index contributed by atoms with van der Waals surface area (Å²) in [6, 6.07) is 21.6. The first-order valence-corrected chi connectivity index (χ1v) is 10.0. The van der Waals surface area contributed by atoms with E-state index in [4.69, 9.17) is 9.47 Å². The average molecular weight is 416 g/mol. The van der Waals surface area contributed by atoms with E-state index in [1.54, 1.807) is 31.4 Å². The monoisotopic (exact) mass is 416 g/mol. The van der Waals surface area contributed by atoms with Crippen molar-refractivity contribution in [1.29, 1.82) is 5.26 Å². The highest BCUT2D eigenvalue weighted by Crippen LogP contribution is 2.32. The van der Waals surface area contributed by atoms with Crippen LogP contribution in [-0.4, -0.2) is 12.1 Å². The van der Waals surface area contributed by atoms with Gasteiger partial charge in [0.15, 0.2) is 11.5 Å². The molecular formula is C24H17FN2O2S. The van der Waals surface area contributed by atoms with Crippen molar-refractivity contribution in [3.63, 3.8) is 0 Å². The summed E-state index contributed by atoms with van der Waals surface area (Å²) >= 11 is 1.48. The van der Waals surface area contributed by atoms with Gasteiger partial charge in [0.1, 0.15) is 23.5 Å². The number of hydrogen-bond acceptors (Lipinski definition) is 5. The predicted molar refractivity (Wildman–Crippen MR) is 117 cm³/mol. The summed E-state index contributed by atoms with van der Waals surface area (Å²) in [7, 11) is 1.56. The van der Waals surface area contributed by atoms with Gasteiger partial charge in [-0.3, -0.25) is 0 Å². The van der Waals surface area contributed by atoms with E-state index in [-0.39, 0.29) is 5.82 Å². The molecule has 4 aromatic rings. The Morgan fingerprint density at radius 3 is 2.63 bits per heavy atom. The molecule has 0 atom stereocenters. The van der Waals surface area contributed by atoms with Crippen molar-refractivity contribution < 1.29 is 13.9 Å². The number of allylic oxidation sites excluding steroid dienone is 1. The number of hydrogen-bond donors (Lipinski definition) is 0. The second-order valence-electron chi connectivity index (χ2n) is 6.48. The molecule has 148 valence electrons. The molecule has 0 N–H and O–H groups in total. The maximum absolute atomic E-state index is 13.0. The SMILES string of the molecule is COc1cc(/C=C(/C#N)c2nc3ccccc3s2)ccc1OCc1ccc(F)cc1. The van der Waals surface area contributed by atoms with Crippen molar-refractivity contribution in [2.75, 3.05) is 7.11 Å². The van der Waals surface area contributed by atoms with Gasteiger partial charge < -0.3 is 9.47 Å². The number of ether oxygens (including phenoxy) is 2. The van der Waals surface area contributed by atoms with Crippen LogP contribution in [-0.2, 0) is 6.61 Å². The molecule has 6 heteroatoms. The quantitative estimate of drug-likeness (QED) is 0.357. The normalized spacial score (nSPS) is 11.3. The van der Waals surface area contributed by atoms with Crippen molar-refractivity contribution >= 4 is 33.2 Å². The Morgan fingerprint density at radius 1 is 1.10 bits per heavy atom. The molecule has 1 heterocycles. The molecule has 0 bridgehead atoms. The van der Waals surface area contributed by atoms with Crippen LogP contribution >= 0.6 is 11.3 Å². The Bertz CT molecular complexity index is 1220. The Kier molecular flexibility index (Phi) is 5.73. The summed E-state index contributed by atoms with van der Waals surface area (Å²) in [5.41, 5.74) is 3.01. The van der Waals surface area contributed by atoms with Crippen LogP contribution in [0.5, 0.6) is 11.5 Å². The third-order valence-corrected chi connectivity index (χ3v) is 5.52. The van der Waals surface area contributed by atoms with Crippen LogP contribution in [0.2, 0.25) is 0 Å². The minimum Gasteiger partial charge on any atom is -0.493 e. The van der Waals surface area contributed by atoms with Gasteiger partial charge in [0.05, 0.1) is 22.9 Å². The van der Waals surface area contributed by atoms with E-state index in [9.17, 15) is 9.65 Å². The number of thiazole rings is 1. The van der Waals surface area contributed by atoms with Gasteiger partial charge in [-0.2, -0.15) is 5.26 Å². The molecule has 0 aliphatic rings. The Labute approximate surface area is 177 Å². The summed E-state index contributed by atoms with van der Waals surface area (Å²) in [5, 5.41) is 10.3. The Morgan fingerprint density at radius 2 is 1.90 bits per heavy atom. The molecule has 0 amide bonds. The fourth-order valence-electron chi connectivity index (χ4n) is 2.93. The zero-order valence-corrected chi connectivity index (χ0v) is 16.9. The fraction of sp³-hybridized carbons (Fsp3) is 0.0833. The largest absolute Gasteiger partial charge is 0.493 e. The predicted octanol–water partition coefficient (Wildman–Crippen LogP) is 6.09. The molecule has 0 saturated carbocycles. The number of benzene rings is 3. The first-order valence-electron chi connectivity index (χ1n) is 9.19. The Hall–Kier alpha value is -3.69. The molecule has 4 nitrogen and oxygen atoms in total. The van der Waals surface area contributed by atoms with Gasteiger partial charge in [0.25, 0.3) is 0 Å². The lowest BCUT2D eigenvalue weighted by atomic mass is 10.1. The van der Waals surface area contributed by atoms with Gasteiger partial charge in [0, 0.05) is 0 Å². The first-order chi connectivity index (χ1) is 14.7. The highest BCUT2D eigenvalue weighted by Gasteiger charge is 2.10. The van der Waals surface area contributed by atoms with Crippen LogP contribution in [0.15, 0.2) is 66.7 Å². The first kappa shape index (κ1) is 19.6. The molecule has 1 aromatic heterocycles. The van der Waals surface area contributed by atoms with Gasteiger partial charge >= 0.3 is 0 Å². The van der Waals surface area contributed by atoms with Crippen LogP contribution in [0.25, 0.3) is 21.9 Å². The van der Waals surface area contributed by atoms with Crippen LogP contribution in [0.3, 0.4) is 0 Å². The number of para-hydroxylation sites is 1. The lowest BCUT2D eigenvalue weighted by Gasteiger charge is -2.11. The van der Waals surface area contributed by atoms with Crippen molar-refractivity contribution in [3.05, 3.63) is 88.7 Å². The number of nitrogens with zero attached hydrogens (tertiary/aromatic N) is 2. The standard InChI is InChI=1S/C24H17FN2O2S/c1-28-22-13-17(8-11-21(22)29-15-16-6-9-19(25)10-7-16)12-18(14-26)24-27-20-4-2-3-5-23(20)30-24/h2-13H,15H2,1H3/b18-12-. The second-order valence-corrected chi connectivity index (χ2v) is 7.51. The molecule has 0 aliphatic heterocycles. The molecular weight excluding hydrogens is 399 g/mol. The van der Waals surface area contributed by atoms with E-state index in [1.807, 2.05) is 36.4 Å². The minimum absolute atomic E-state index is 0.283. The molecule has 0 saturated heterocycles. The zero-order valence-electron chi connectivity index (χ0n) is 16.1. The average Bonchev–Trinajstić information content (AvgIpc) is 3.21. The smallest absolute Gasteiger partial charge is 0.161 e. The topological polar surface area (TPSA) is 55.1 Å². The number of rotatable bonds is 6. The summed E-state index contributed by atoms with van der Waals surface area (Å²) in [6.07, 6.45) is 1.78. The van der Waals surface area contributed by atoms with Gasteiger partial charge in [-0.05, 0) is 53.6 Å². The van der Waals surface area contributed by atoms with E-state index >= 15 is 0 Å². The van der Waals surface area contributed by atoms with Crippen LogP contribution < -0.4 is 9.47 Å². The number of halogens is 1. The Balaban J connectivity index is 1.57. The lowest BCUT2D eigenvalue weighted by Crippen LogP contribution is -1.98. The van der Waals surface area contributed by atoms with Crippen molar-refractivity contribution in [3.8, 4) is 17.6 Å². The van der Waals surface area contributed by atoms with Crippen LogP contribution in [0.1, 0.15) is 16.1 Å². The second kappa shape index (κ2) is 8.76. The van der Waals surface area contributed by atoms with Gasteiger partial charge in [-0.25, -0.2) is 9.37 Å². The third kappa shape index (κ3) is 4.32. The highest BCUT2D eigenvalue weighted by molar-refractivity contribution is 7.19. The zero-order chi connectivity index (χ0) is 20.9. The lowest BCUT2D eigenvalue weighted by molar-refractivity contribution is 0.284. The molecule has 30 heavy (non-hydrogen) atoms. The van der Waals surface area contributed by atoms with Gasteiger partial charge in [-0.1, -0.05) is 30.3 Å². The van der Waals surface area contributed by atoms with E-state index in [1.165, 1.54) is 23.5 Å². The van der Waals surface area contributed by atoms with Crippen molar-refractivity contribution in [1.82, 2.24) is 4.98 Å². The minimum atomic E-state index is -0.283. The molecule has 0 radical (unpaired) electrons. The fourth-order valence-corrected chi connectivity index (χ4v) is 3.86. The van der Waals surface area contributed by atoms with Crippen molar-refractivity contribution in [2.45, 2.75) is 6.61 Å². The number of methoxy groups -OCH3 is 1. The van der Waals surface area contributed by atoms with Crippen molar-refractivity contribution in [2.24, 2.45) is 0 Å². The summed E-state index contributed by atoms with van der Waals surface area (Å²) in [6.45, 7) is 0.293. The van der Waals surface area contributed by atoms with Crippen LogP contribution in [0, 0.1) is 17.1 Å². The van der Waals surface area contributed by atoms with Gasteiger partial charge in [0.2, 0.25) is 0 Å². The molecule has 0 spiro atoms. The molecule has 0 aliphatic carbocycles. The summed E-state index contributed by atoms with van der Waals surface area (Å²) < 4.78 is 25.3. The van der Waals surface area contributed by atoms with E-state index in [2.05, 4.69) is 11.1 Å². The highest BCUT2D eigenvalue weighted by atomic mass is 32.1. The molecule has 0 fully saturated rings. The number of aromatic nitrogens is 1. The van der Waals surface area contributed by atoms with Gasteiger partial charge in [-0.15, -0.1) is 11.3 Å². The third-order valence-electron chi connectivity index (χ3n) is 4.45. The van der Waals surface area contributed by atoms with Crippen LogP contribution in [0.4, 0.5) is 4.39 Å². The molecule has 3 aromatic carbocycles. The maximum atomic E-state index is 13.0. The summed E-state index contributed by atoms with van der Waals surface area (Å²) in [4.78, 5) is 4.55.